The van der Waals surface area contributed by atoms with Crippen LogP contribution < -0.4 is 10.3 Å². The minimum absolute atomic E-state index is 0. The van der Waals surface area contributed by atoms with E-state index in [0.29, 0.717) is 24.2 Å². The van der Waals surface area contributed by atoms with Gasteiger partial charge < -0.3 is 9.30 Å². The molecule has 0 aliphatic carbocycles. The number of benzene rings is 1. The summed E-state index contributed by atoms with van der Waals surface area (Å²) in [6.45, 7) is 2.63. The monoisotopic (exact) mass is 462 g/mol. The number of halogens is 1. The normalized spacial score (nSPS) is 17.4. The lowest BCUT2D eigenvalue weighted by atomic mass is 9.99. The summed E-state index contributed by atoms with van der Waals surface area (Å²) in [6, 6.07) is 18.0. The highest BCUT2D eigenvalue weighted by Crippen LogP contribution is 2.35. The molecule has 33 heavy (non-hydrogen) atoms. The number of hydrogen-bond donors (Lipinski definition) is 0. The molecule has 2 aliphatic heterocycles. The van der Waals surface area contributed by atoms with Crippen molar-refractivity contribution in [2.24, 2.45) is 7.05 Å². The van der Waals surface area contributed by atoms with Crippen molar-refractivity contribution in [1.82, 2.24) is 19.0 Å². The number of aryl methyl sites for hydroxylation is 1. The number of fused-ring (bicyclic) bond motifs is 4. The fraction of sp³-hybridized carbons (Fsp3) is 0.308. The summed E-state index contributed by atoms with van der Waals surface area (Å²) in [7, 11) is 2.10. The number of aromatic nitrogens is 3. The van der Waals surface area contributed by atoms with Crippen LogP contribution >= 0.6 is 12.4 Å². The fourth-order valence-corrected chi connectivity index (χ4v) is 5.23. The van der Waals surface area contributed by atoms with Crippen molar-refractivity contribution < 1.29 is 4.74 Å². The Labute approximate surface area is 198 Å². The zero-order valence-electron chi connectivity index (χ0n) is 18.6. The van der Waals surface area contributed by atoms with Crippen molar-refractivity contribution in [2.75, 3.05) is 6.54 Å². The van der Waals surface area contributed by atoms with E-state index in [1.807, 2.05) is 42.5 Å². The lowest BCUT2D eigenvalue weighted by Crippen LogP contribution is -2.35. The molecule has 2 aliphatic rings. The van der Waals surface area contributed by atoms with Crippen LogP contribution in [0.1, 0.15) is 29.7 Å². The van der Waals surface area contributed by atoms with Crippen LogP contribution in [0.2, 0.25) is 0 Å². The third-order valence-electron chi connectivity index (χ3n) is 6.93. The molecule has 1 fully saturated rings. The second-order valence-electron chi connectivity index (χ2n) is 8.84. The van der Waals surface area contributed by atoms with Gasteiger partial charge in [0.1, 0.15) is 23.8 Å². The summed E-state index contributed by atoms with van der Waals surface area (Å²) in [5.74, 6) is 1.20. The molecule has 4 aromatic rings. The molecule has 6 rings (SSSR count). The zero-order valence-corrected chi connectivity index (χ0v) is 19.4. The third-order valence-corrected chi connectivity index (χ3v) is 6.93. The van der Waals surface area contributed by atoms with E-state index in [1.54, 1.807) is 10.8 Å². The molecule has 1 atom stereocenters. The molecule has 1 unspecified atom stereocenters. The van der Waals surface area contributed by atoms with Gasteiger partial charge in [0.15, 0.2) is 0 Å². The van der Waals surface area contributed by atoms with Gasteiger partial charge in [-0.1, -0.05) is 30.3 Å². The lowest BCUT2D eigenvalue weighted by molar-refractivity contribution is 0.225. The molecule has 3 aromatic heterocycles. The second-order valence-corrected chi connectivity index (χ2v) is 8.84. The van der Waals surface area contributed by atoms with E-state index in [0.717, 1.165) is 24.2 Å². The maximum Gasteiger partial charge on any atom is 0.259 e. The van der Waals surface area contributed by atoms with Gasteiger partial charge in [0.25, 0.3) is 5.56 Å². The van der Waals surface area contributed by atoms with E-state index >= 15 is 0 Å². The van der Waals surface area contributed by atoms with E-state index in [9.17, 15) is 4.79 Å². The summed E-state index contributed by atoms with van der Waals surface area (Å²) in [5, 5.41) is 1.20. The van der Waals surface area contributed by atoms with Gasteiger partial charge >= 0.3 is 0 Å². The standard InChI is InChI=1S/C26H26N4O2.ClH/c1-28-23-14-19-8-5-12-29(19)16-22(23)21-9-10-24(27-26(21)28)30-13-11-20(15-25(30)31)32-17-18-6-3-2-4-7-18;/h2-4,6-7,9-11,13,15,19H,5,8,12,14,16-17H2,1H3;1H. The van der Waals surface area contributed by atoms with Crippen molar-refractivity contribution in [3.05, 3.63) is 88.0 Å². The van der Waals surface area contributed by atoms with E-state index in [4.69, 9.17) is 9.72 Å². The molecule has 170 valence electrons. The van der Waals surface area contributed by atoms with Gasteiger partial charge in [0.05, 0.1) is 0 Å². The van der Waals surface area contributed by atoms with Crippen LogP contribution in [-0.4, -0.2) is 31.6 Å². The maximum atomic E-state index is 12.8. The number of hydrogen-bond acceptors (Lipinski definition) is 4. The molecule has 1 aromatic carbocycles. The van der Waals surface area contributed by atoms with E-state index in [2.05, 4.69) is 22.6 Å². The molecule has 0 N–H and O–H groups in total. The third kappa shape index (κ3) is 3.83. The molecule has 0 amide bonds. The smallest absolute Gasteiger partial charge is 0.259 e. The van der Waals surface area contributed by atoms with Crippen molar-refractivity contribution in [2.45, 2.75) is 38.5 Å². The highest BCUT2D eigenvalue weighted by atomic mass is 35.5. The van der Waals surface area contributed by atoms with Gasteiger partial charge in [-0.25, -0.2) is 4.98 Å². The summed E-state index contributed by atoms with van der Waals surface area (Å²) in [6.07, 6.45) is 5.42. The van der Waals surface area contributed by atoms with Crippen LogP contribution in [0, 0.1) is 0 Å². The SMILES string of the molecule is Cl.Cn1c2c(c3ccc(-n4ccc(OCc5ccccc5)cc4=O)nc31)CN1CCCC1C2. The van der Waals surface area contributed by atoms with Gasteiger partial charge in [-0.15, -0.1) is 12.4 Å². The van der Waals surface area contributed by atoms with Gasteiger partial charge in [0.2, 0.25) is 0 Å². The Morgan fingerprint density at radius 3 is 2.79 bits per heavy atom. The second kappa shape index (κ2) is 8.69. The first-order valence-corrected chi connectivity index (χ1v) is 11.3. The Morgan fingerprint density at radius 2 is 1.97 bits per heavy atom. The summed E-state index contributed by atoms with van der Waals surface area (Å²) in [5.41, 5.74) is 4.66. The quantitative estimate of drug-likeness (QED) is 0.455. The molecule has 0 saturated carbocycles. The number of nitrogens with zero attached hydrogens (tertiary/aromatic N) is 4. The molecule has 7 heteroatoms. The van der Waals surface area contributed by atoms with Crippen molar-refractivity contribution in [1.29, 1.82) is 0 Å². The molecule has 6 nitrogen and oxygen atoms in total. The Hall–Kier alpha value is -3.09. The average Bonchev–Trinajstić information content (AvgIpc) is 3.39. The van der Waals surface area contributed by atoms with Crippen molar-refractivity contribution in [3.8, 4) is 11.6 Å². The maximum absolute atomic E-state index is 12.8. The predicted octanol–water partition coefficient (Wildman–Crippen LogP) is 4.25. The first-order valence-electron chi connectivity index (χ1n) is 11.3. The lowest BCUT2D eigenvalue weighted by Gasteiger charge is -2.30. The van der Waals surface area contributed by atoms with Crippen LogP contribution in [0.3, 0.4) is 0 Å². The van der Waals surface area contributed by atoms with Gasteiger partial charge in [-0.05, 0) is 48.7 Å². The summed E-state index contributed by atoms with van der Waals surface area (Å²) >= 11 is 0. The van der Waals surface area contributed by atoms with Crippen molar-refractivity contribution in [3.63, 3.8) is 0 Å². The number of pyridine rings is 2. The number of rotatable bonds is 4. The fourth-order valence-electron chi connectivity index (χ4n) is 5.23. The minimum Gasteiger partial charge on any atom is -0.489 e. The predicted molar refractivity (Wildman–Crippen MR) is 131 cm³/mol. The van der Waals surface area contributed by atoms with E-state index < -0.39 is 0 Å². The minimum atomic E-state index is -0.151. The van der Waals surface area contributed by atoms with Gasteiger partial charge in [-0.3, -0.25) is 14.3 Å². The van der Waals surface area contributed by atoms with Crippen LogP contribution in [0.4, 0.5) is 0 Å². The molecule has 1 saturated heterocycles. The molecule has 5 heterocycles. The molecule has 0 bridgehead atoms. The van der Waals surface area contributed by atoms with Crippen LogP contribution in [0.5, 0.6) is 5.75 Å². The highest BCUT2D eigenvalue weighted by Gasteiger charge is 2.33. The Morgan fingerprint density at radius 1 is 1.12 bits per heavy atom. The van der Waals surface area contributed by atoms with Crippen LogP contribution in [-0.2, 0) is 26.6 Å². The Kier molecular flexibility index (Phi) is 5.72. The van der Waals surface area contributed by atoms with Gasteiger partial charge in [0, 0.05) is 49.4 Å². The average molecular weight is 463 g/mol. The molecular weight excluding hydrogens is 436 g/mol. The Bertz CT molecular complexity index is 1360. The summed E-state index contributed by atoms with van der Waals surface area (Å²) in [4.78, 5) is 20.3. The van der Waals surface area contributed by atoms with Crippen molar-refractivity contribution >= 4 is 23.4 Å². The van der Waals surface area contributed by atoms with Crippen LogP contribution in [0.25, 0.3) is 16.9 Å². The molecule has 0 radical (unpaired) electrons. The first-order chi connectivity index (χ1) is 15.7. The van der Waals surface area contributed by atoms with E-state index in [-0.39, 0.29) is 18.0 Å². The Balaban J connectivity index is 0.00000228. The van der Waals surface area contributed by atoms with Gasteiger partial charge in [-0.2, -0.15) is 0 Å². The summed E-state index contributed by atoms with van der Waals surface area (Å²) < 4.78 is 9.61. The zero-order chi connectivity index (χ0) is 21.7. The topological polar surface area (TPSA) is 52.3 Å². The first kappa shape index (κ1) is 21.7. The largest absolute Gasteiger partial charge is 0.489 e. The molecule has 0 spiro atoms. The highest BCUT2D eigenvalue weighted by molar-refractivity contribution is 5.85. The molecular formula is C26H27ClN4O2. The van der Waals surface area contributed by atoms with Crippen LogP contribution in [0.15, 0.2) is 65.6 Å². The number of ether oxygens (including phenoxy) is 1. The van der Waals surface area contributed by atoms with E-state index in [1.165, 1.54) is 42.1 Å².